The smallest absolute Gasteiger partial charge is 0.344 e. The third-order valence-corrected chi connectivity index (χ3v) is 4.92. The first-order chi connectivity index (χ1) is 14.5. The Morgan fingerprint density at radius 1 is 1.07 bits per heavy atom. The Kier molecular flexibility index (Phi) is 5.27. The molecule has 7 heteroatoms. The van der Waals surface area contributed by atoms with Crippen molar-refractivity contribution in [2.24, 2.45) is 0 Å². The number of nitrogen functional groups attached to an aromatic ring is 1. The Labute approximate surface area is 174 Å². The molecule has 2 aromatic heterocycles. The largest absolute Gasteiger partial charge is 0.497 e. The number of fused-ring (bicyclic) bond motifs is 2. The Hall–Kier alpha value is -3.61. The summed E-state index contributed by atoms with van der Waals surface area (Å²) in [5.74, 6) is 0.639. The Morgan fingerprint density at radius 2 is 1.73 bits per heavy atom. The number of anilines is 1. The number of aromatic nitrogens is 3. The highest BCUT2D eigenvalue weighted by Crippen LogP contribution is 2.29. The number of carbonyl (C=O) groups is 1. The lowest BCUT2D eigenvalue weighted by molar-refractivity contribution is 0.0381. The van der Waals surface area contributed by atoms with Gasteiger partial charge < -0.3 is 19.8 Å². The summed E-state index contributed by atoms with van der Waals surface area (Å²) in [6, 6.07) is 15.4. The first kappa shape index (κ1) is 19.7. The SMILES string of the molecule is COc1ccc(CCn2c(N)c(C(=O)OC(C)C)c3nc4ccccc4nc32)cc1. The summed E-state index contributed by atoms with van der Waals surface area (Å²) in [5, 5.41) is 0. The first-order valence-electron chi connectivity index (χ1n) is 9.86. The molecule has 2 aromatic carbocycles. The standard InChI is InChI=1S/C23H24N4O3/c1-14(2)30-23(28)19-20-22(26-18-7-5-4-6-17(18)25-20)27(21(19)24)13-12-15-8-10-16(29-3)11-9-15/h4-11,14H,12-13,24H2,1-3H3. The highest BCUT2D eigenvalue weighted by molar-refractivity contribution is 6.08. The van der Waals surface area contributed by atoms with E-state index in [-0.39, 0.29) is 11.7 Å². The zero-order valence-electron chi connectivity index (χ0n) is 17.3. The van der Waals surface area contributed by atoms with Crippen LogP contribution in [0.4, 0.5) is 5.82 Å². The summed E-state index contributed by atoms with van der Waals surface area (Å²) in [7, 11) is 1.64. The van der Waals surface area contributed by atoms with E-state index in [4.69, 9.17) is 20.2 Å². The first-order valence-corrected chi connectivity index (χ1v) is 9.86. The quantitative estimate of drug-likeness (QED) is 0.489. The molecule has 0 aliphatic carbocycles. The molecule has 2 heterocycles. The van der Waals surface area contributed by atoms with Crippen molar-refractivity contribution < 1.29 is 14.3 Å². The summed E-state index contributed by atoms with van der Waals surface area (Å²) >= 11 is 0. The number of hydrogen-bond donors (Lipinski definition) is 1. The maximum absolute atomic E-state index is 12.8. The predicted molar refractivity (Wildman–Crippen MR) is 117 cm³/mol. The molecule has 4 rings (SSSR count). The number of para-hydroxylation sites is 2. The molecule has 2 N–H and O–H groups in total. The van der Waals surface area contributed by atoms with Gasteiger partial charge in [0.05, 0.1) is 24.2 Å². The maximum atomic E-state index is 12.8. The van der Waals surface area contributed by atoms with Crippen molar-refractivity contribution in [1.82, 2.24) is 14.5 Å². The molecular formula is C23H24N4O3. The number of rotatable bonds is 6. The topological polar surface area (TPSA) is 92.3 Å². The van der Waals surface area contributed by atoms with Gasteiger partial charge in [0, 0.05) is 6.54 Å². The number of benzene rings is 2. The van der Waals surface area contributed by atoms with Crippen LogP contribution in [0.2, 0.25) is 0 Å². The third-order valence-electron chi connectivity index (χ3n) is 4.92. The average molecular weight is 404 g/mol. The van der Waals surface area contributed by atoms with Crippen LogP contribution in [0.15, 0.2) is 48.5 Å². The van der Waals surface area contributed by atoms with Gasteiger partial charge in [0.1, 0.15) is 22.6 Å². The van der Waals surface area contributed by atoms with Crippen molar-refractivity contribution in [3.63, 3.8) is 0 Å². The number of nitrogens with zero attached hydrogens (tertiary/aromatic N) is 3. The Balaban J connectivity index is 1.79. The maximum Gasteiger partial charge on any atom is 0.344 e. The Bertz CT molecular complexity index is 1210. The molecule has 0 unspecified atom stereocenters. The zero-order valence-corrected chi connectivity index (χ0v) is 17.3. The van der Waals surface area contributed by atoms with Crippen molar-refractivity contribution in [1.29, 1.82) is 0 Å². The molecule has 0 aliphatic rings. The number of aryl methyl sites for hydroxylation is 2. The van der Waals surface area contributed by atoms with Crippen LogP contribution in [0, 0.1) is 0 Å². The second kappa shape index (κ2) is 8.02. The third kappa shape index (κ3) is 3.66. The number of esters is 1. The second-order valence-electron chi connectivity index (χ2n) is 7.35. The molecule has 0 amide bonds. The molecule has 0 saturated heterocycles. The monoisotopic (exact) mass is 404 g/mol. The molecule has 0 aliphatic heterocycles. The molecular weight excluding hydrogens is 380 g/mol. The molecule has 0 atom stereocenters. The minimum Gasteiger partial charge on any atom is -0.497 e. The number of methoxy groups -OCH3 is 1. The molecule has 0 radical (unpaired) electrons. The van der Waals surface area contributed by atoms with E-state index in [1.54, 1.807) is 21.0 Å². The highest BCUT2D eigenvalue weighted by Gasteiger charge is 2.25. The molecule has 4 aromatic rings. The van der Waals surface area contributed by atoms with Crippen LogP contribution in [0.1, 0.15) is 29.8 Å². The van der Waals surface area contributed by atoms with E-state index >= 15 is 0 Å². The van der Waals surface area contributed by atoms with E-state index in [9.17, 15) is 4.79 Å². The molecule has 0 bridgehead atoms. The lowest BCUT2D eigenvalue weighted by Crippen LogP contribution is -2.14. The van der Waals surface area contributed by atoms with E-state index in [1.165, 1.54) is 0 Å². The van der Waals surface area contributed by atoms with E-state index in [0.717, 1.165) is 16.8 Å². The number of carbonyl (C=O) groups excluding carboxylic acids is 1. The van der Waals surface area contributed by atoms with Crippen LogP contribution >= 0.6 is 0 Å². The van der Waals surface area contributed by atoms with Crippen LogP contribution in [0.25, 0.3) is 22.2 Å². The summed E-state index contributed by atoms with van der Waals surface area (Å²) in [5.41, 5.74) is 10.3. The highest BCUT2D eigenvalue weighted by atomic mass is 16.5. The van der Waals surface area contributed by atoms with Gasteiger partial charge >= 0.3 is 5.97 Å². The summed E-state index contributed by atoms with van der Waals surface area (Å²) in [6.07, 6.45) is 0.452. The van der Waals surface area contributed by atoms with Gasteiger partial charge in [-0.2, -0.15) is 0 Å². The number of nitrogens with two attached hydrogens (primary N) is 1. The van der Waals surface area contributed by atoms with E-state index in [0.29, 0.717) is 35.5 Å². The van der Waals surface area contributed by atoms with Crippen LogP contribution < -0.4 is 10.5 Å². The van der Waals surface area contributed by atoms with Gasteiger partial charge in [-0.1, -0.05) is 24.3 Å². The van der Waals surface area contributed by atoms with E-state index in [2.05, 4.69) is 4.98 Å². The van der Waals surface area contributed by atoms with Crippen molar-refractivity contribution in [2.75, 3.05) is 12.8 Å². The van der Waals surface area contributed by atoms with Crippen molar-refractivity contribution in [3.05, 3.63) is 59.7 Å². The van der Waals surface area contributed by atoms with E-state index in [1.807, 2.05) is 53.1 Å². The fraction of sp³-hybridized carbons (Fsp3) is 0.261. The van der Waals surface area contributed by atoms with Crippen LogP contribution in [-0.2, 0) is 17.7 Å². The van der Waals surface area contributed by atoms with Crippen molar-refractivity contribution in [2.45, 2.75) is 32.9 Å². The normalized spacial score (nSPS) is 11.3. The minimum atomic E-state index is -0.486. The van der Waals surface area contributed by atoms with Crippen LogP contribution in [0.3, 0.4) is 0 Å². The fourth-order valence-corrected chi connectivity index (χ4v) is 3.45. The van der Waals surface area contributed by atoms with Gasteiger partial charge in [-0.15, -0.1) is 0 Å². The molecule has 0 fully saturated rings. The van der Waals surface area contributed by atoms with Crippen LogP contribution in [-0.4, -0.2) is 33.7 Å². The van der Waals surface area contributed by atoms with Gasteiger partial charge in [0.15, 0.2) is 5.65 Å². The number of hydrogen-bond acceptors (Lipinski definition) is 6. The van der Waals surface area contributed by atoms with E-state index < -0.39 is 5.97 Å². The van der Waals surface area contributed by atoms with Gasteiger partial charge in [-0.3, -0.25) is 0 Å². The summed E-state index contributed by atoms with van der Waals surface area (Å²) in [6.45, 7) is 4.16. The average Bonchev–Trinajstić information content (AvgIpc) is 3.00. The zero-order chi connectivity index (χ0) is 21.3. The molecule has 30 heavy (non-hydrogen) atoms. The van der Waals surface area contributed by atoms with Crippen molar-refractivity contribution >= 4 is 34.0 Å². The fourth-order valence-electron chi connectivity index (χ4n) is 3.45. The molecule has 7 nitrogen and oxygen atoms in total. The van der Waals surface area contributed by atoms with Crippen molar-refractivity contribution in [3.8, 4) is 5.75 Å². The number of ether oxygens (including phenoxy) is 2. The summed E-state index contributed by atoms with van der Waals surface area (Å²) < 4.78 is 12.5. The Morgan fingerprint density at radius 3 is 2.37 bits per heavy atom. The molecule has 0 spiro atoms. The van der Waals surface area contributed by atoms with Gasteiger partial charge in [-0.25, -0.2) is 14.8 Å². The second-order valence-corrected chi connectivity index (χ2v) is 7.35. The lowest BCUT2D eigenvalue weighted by Gasteiger charge is -2.09. The van der Waals surface area contributed by atoms with Crippen LogP contribution in [0.5, 0.6) is 5.75 Å². The molecule has 0 saturated carbocycles. The minimum absolute atomic E-state index is 0.261. The molecule has 154 valence electrons. The predicted octanol–water partition coefficient (Wildman–Crippen LogP) is 3.98. The van der Waals surface area contributed by atoms with Gasteiger partial charge in [0.25, 0.3) is 0 Å². The lowest BCUT2D eigenvalue weighted by atomic mass is 10.1. The van der Waals surface area contributed by atoms with Gasteiger partial charge in [-0.05, 0) is 50.1 Å². The summed E-state index contributed by atoms with van der Waals surface area (Å²) in [4.78, 5) is 22.2. The van der Waals surface area contributed by atoms with Gasteiger partial charge in [0.2, 0.25) is 0 Å².